The first-order chi connectivity index (χ1) is 11.8. The number of hydrogen-bond acceptors (Lipinski definition) is 3. The number of para-hydroxylation sites is 1. The number of benzene rings is 3. The summed E-state index contributed by atoms with van der Waals surface area (Å²) < 4.78 is 5.42. The fourth-order valence-electron chi connectivity index (χ4n) is 2.94. The molecule has 0 spiro atoms. The van der Waals surface area contributed by atoms with Crippen LogP contribution in [0.25, 0.3) is 0 Å². The van der Waals surface area contributed by atoms with Gasteiger partial charge in [0.25, 0.3) is 0 Å². The van der Waals surface area contributed by atoms with Crippen LogP contribution in [0.5, 0.6) is 0 Å². The Kier molecular flexibility index (Phi) is 3.75. The second-order valence-electron chi connectivity index (χ2n) is 5.89. The Morgan fingerprint density at radius 1 is 0.875 bits per heavy atom. The molecule has 3 nitrogen and oxygen atoms in total. The molecule has 0 radical (unpaired) electrons. The van der Waals surface area contributed by atoms with Gasteiger partial charge in [-0.2, -0.15) is 0 Å². The van der Waals surface area contributed by atoms with Gasteiger partial charge in [-0.3, -0.25) is 0 Å². The molecule has 3 heteroatoms. The summed E-state index contributed by atoms with van der Waals surface area (Å²) in [6.45, 7) is 0.290. The van der Waals surface area contributed by atoms with Crippen molar-refractivity contribution in [1.29, 1.82) is 0 Å². The van der Waals surface area contributed by atoms with Crippen molar-refractivity contribution in [2.24, 2.45) is 0 Å². The summed E-state index contributed by atoms with van der Waals surface area (Å²) in [7, 11) is 0. The maximum Gasteiger partial charge on any atom is 0.338 e. The van der Waals surface area contributed by atoms with Crippen molar-refractivity contribution in [2.45, 2.75) is 13.0 Å². The van der Waals surface area contributed by atoms with Gasteiger partial charge in [-0.25, -0.2) is 4.79 Å². The molecule has 0 bridgehead atoms. The van der Waals surface area contributed by atoms with Gasteiger partial charge >= 0.3 is 5.97 Å². The molecule has 0 fully saturated rings. The zero-order chi connectivity index (χ0) is 16.4. The highest BCUT2D eigenvalue weighted by Crippen LogP contribution is 2.33. The van der Waals surface area contributed by atoms with Crippen molar-refractivity contribution in [3.8, 4) is 0 Å². The number of carbonyl (C=O) groups is 1. The van der Waals surface area contributed by atoms with E-state index < -0.39 is 0 Å². The topological polar surface area (TPSA) is 38.3 Å². The van der Waals surface area contributed by atoms with Crippen molar-refractivity contribution in [3.63, 3.8) is 0 Å². The van der Waals surface area contributed by atoms with Gasteiger partial charge in [0.05, 0.1) is 5.56 Å². The Hall–Kier alpha value is -3.07. The lowest BCUT2D eigenvalue weighted by Gasteiger charge is -2.21. The standard InChI is InChI=1S/C21H17NO2/c23-21(24-14-15-6-2-1-3-7-15)17-10-11-20-18(13-17)12-16-8-4-5-9-19(16)22-20/h1-11,13,22H,12,14H2. The predicted molar refractivity (Wildman–Crippen MR) is 94.5 cm³/mol. The molecule has 24 heavy (non-hydrogen) atoms. The van der Waals surface area contributed by atoms with Gasteiger partial charge in [-0.1, -0.05) is 48.5 Å². The van der Waals surface area contributed by atoms with Gasteiger partial charge in [-0.15, -0.1) is 0 Å². The summed E-state index contributed by atoms with van der Waals surface area (Å²) in [4.78, 5) is 12.3. The molecule has 0 saturated heterocycles. The van der Waals surface area contributed by atoms with Crippen LogP contribution in [0, 0.1) is 0 Å². The largest absolute Gasteiger partial charge is 0.457 e. The first-order valence-electron chi connectivity index (χ1n) is 7.98. The molecule has 1 heterocycles. The predicted octanol–water partition coefficient (Wildman–Crippen LogP) is 4.69. The Morgan fingerprint density at radius 3 is 2.50 bits per heavy atom. The van der Waals surface area contributed by atoms with Crippen molar-refractivity contribution in [3.05, 3.63) is 95.1 Å². The van der Waals surface area contributed by atoms with Crippen molar-refractivity contribution < 1.29 is 9.53 Å². The number of ether oxygens (including phenoxy) is 1. The van der Waals surface area contributed by atoms with E-state index in [1.165, 1.54) is 5.56 Å². The molecule has 3 aromatic carbocycles. The molecular weight excluding hydrogens is 298 g/mol. The van der Waals surface area contributed by atoms with Gasteiger partial charge in [0, 0.05) is 17.8 Å². The highest BCUT2D eigenvalue weighted by atomic mass is 16.5. The molecule has 0 atom stereocenters. The SMILES string of the molecule is O=C(OCc1ccccc1)c1ccc2c(c1)Cc1ccccc1N2. The molecule has 0 aromatic heterocycles. The van der Waals surface area contributed by atoms with Crippen LogP contribution in [0.1, 0.15) is 27.0 Å². The van der Waals surface area contributed by atoms with E-state index in [1.54, 1.807) is 0 Å². The van der Waals surface area contributed by atoms with Crippen LogP contribution in [0.4, 0.5) is 11.4 Å². The Bertz CT molecular complexity index is 887. The quantitative estimate of drug-likeness (QED) is 0.557. The minimum absolute atomic E-state index is 0.290. The molecule has 1 aliphatic rings. The van der Waals surface area contributed by atoms with Crippen LogP contribution in [-0.2, 0) is 17.8 Å². The molecule has 118 valence electrons. The minimum atomic E-state index is -0.291. The number of nitrogens with one attached hydrogen (secondary N) is 1. The third kappa shape index (κ3) is 2.88. The molecule has 3 aromatic rings. The fraction of sp³-hybridized carbons (Fsp3) is 0.0952. The van der Waals surface area contributed by atoms with E-state index in [-0.39, 0.29) is 12.6 Å². The van der Waals surface area contributed by atoms with Crippen molar-refractivity contribution in [1.82, 2.24) is 0 Å². The summed E-state index contributed by atoms with van der Waals surface area (Å²) in [5.41, 5.74) is 6.10. The van der Waals surface area contributed by atoms with Crippen molar-refractivity contribution in [2.75, 3.05) is 5.32 Å². The van der Waals surface area contributed by atoms with Crippen molar-refractivity contribution >= 4 is 17.3 Å². The monoisotopic (exact) mass is 315 g/mol. The number of rotatable bonds is 3. The van der Waals surface area contributed by atoms with E-state index in [4.69, 9.17) is 4.74 Å². The Morgan fingerprint density at radius 2 is 1.62 bits per heavy atom. The van der Waals surface area contributed by atoms with Crippen LogP contribution in [0.3, 0.4) is 0 Å². The molecule has 0 saturated carbocycles. The van der Waals surface area contributed by atoms with Gasteiger partial charge < -0.3 is 10.1 Å². The van der Waals surface area contributed by atoms with Crippen LogP contribution in [0.15, 0.2) is 72.8 Å². The van der Waals surface area contributed by atoms with Gasteiger partial charge in [-0.05, 0) is 41.0 Å². The first-order valence-corrected chi connectivity index (χ1v) is 7.98. The highest BCUT2D eigenvalue weighted by Gasteiger charge is 2.17. The summed E-state index contributed by atoms with van der Waals surface area (Å²) in [6, 6.07) is 23.6. The Labute approximate surface area is 140 Å². The lowest BCUT2D eigenvalue weighted by Crippen LogP contribution is -2.10. The highest BCUT2D eigenvalue weighted by molar-refractivity contribution is 5.91. The van der Waals surface area contributed by atoms with E-state index in [9.17, 15) is 4.79 Å². The second-order valence-corrected chi connectivity index (χ2v) is 5.89. The molecule has 0 unspecified atom stereocenters. The van der Waals surface area contributed by atoms with Crippen LogP contribution < -0.4 is 5.32 Å². The van der Waals surface area contributed by atoms with Crippen LogP contribution >= 0.6 is 0 Å². The van der Waals surface area contributed by atoms with Crippen LogP contribution in [-0.4, -0.2) is 5.97 Å². The second kappa shape index (κ2) is 6.20. The average molecular weight is 315 g/mol. The molecular formula is C21H17NO2. The smallest absolute Gasteiger partial charge is 0.338 e. The maximum absolute atomic E-state index is 12.3. The number of esters is 1. The molecule has 0 aliphatic carbocycles. The zero-order valence-corrected chi connectivity index (χ0v) is 13.2. The van der Waals surface area contributed by atoms with E-state index in [1.807, 2.05) is 60.7 Å². The number of carbonyl (C=O) groups excluding carboxylic acids is 1. The summed E-state index contributed by atoms with van der Waals surface area (Å²) in [5.74, 6) is -0.291. The third-order valence-corrected chi connectivity index (χ3v) is 4.22. The van der Waals surface area contributed by atoms with Gasteiger partial charge in [0.1, 0.15) is 6.61 Å². The van der Waals surface area contributed by atoms with E-state index in [0.717, 1.165) is 28.9 Å². The lowest BCUT2D eigenvalue weighted by molar-refractivity contribution is 0.0472. The minimum Gasteiger partial charge on any atom is -0.457 e. The number of hydrogen-bond donors (Lipinski definition) is 1. The molecule has 4 rings (SSSR count). The summed E-state index contributed by atoms with van der Waals surface area (Å²) >= 11 is 0. The summed E-state index contributed by atoms with van der Waals surface area (Å²) in [6.07, 6.45) is 0.818. The van der Waals surface area contributed by atoms with E-state index in [2.05, 4.69) is 17.4 Å². The molecule has 1 N–H and O–H groups in total. The number of fused-ring (bicyclic) bond motifs is 2. The maximum atomic E-state index is 12.3. The fourth-order valence-corrected chi connectivity index (χ4v) is 2.94. The Balaban J connectivity index is 1.51. The average Bonchev–Trinajstić information content (AvgIpc) is 2.64. The lowest BCUT2D eigenvalue weighted by atomic mass is 9.96. The third-order valence-electron chi connectivity index (χ3n) is 4.22. The first kappa shape index (κ1) is 14.5. The number of anilines is 2. The van der Waals surface area contributed by atoms with Gasteiger partial charge in [0.15, 0.2) is 0 Å². The van der Waals surface area contributed by atoms with Crippen LogP contribution in [0.2, 0.25) is 0 Å². The molecule has 0 amide bonds. The normalized spacial score (nSPS) is 11.8. The zero-order valence-electron chi connectivity index (χ0n) is 13.2. The molecule has 1 aliphatic heterocycles. The summed E-state index contributed by atoms with van der Waals surface area (Å²) in [5, 5.41) is 3.41. The van der Waals surface area contributed by atoms with E-state index >= 15 is 0 Å². The van der Waals surface area contributed by atoms with E-state index in [0.29, 0.717) is 5.56 Å². The van der Waals surface area contributed by atoms with Gasteiger partial charge in [0.2, 0.25) is 0 Å².